The van der Waals surface area contributed by atoms with Gasteiger partial charge in [0.25, 0.3) is 0 Å². The molecule has 0 amide bonds. The van der Waals surface area contributed by atoms with Gasteiger partial charge in [0.2, 0.25) is 0 Å². The summed E-state index contributed by atoms with van der Waals surface area (Å²) in [7, 11) is 1.71. The molecule has 3 nitrogen and oxygen atoms in total. The van der Waals surface area contributed by atoms with Gasteiger partial charge < -0.3 is 5.73 Å². The van der Waals surface area contributed by atoms with Crippen LogP contribution in [0, 0.1) is 0 Å². The van der Waals surface area contributed by atoms with Gasteiger partial charge in [0.1, 0.15) is 0 Å². The van der Waals surface area contributed by atoms with Gasteiger partial charge in [-0.05, 0) is 22.4 Å². The Kier molecular flexibility index (Phi) is 4.60. The number of rotatable bonds is 4. The summed E-state index contributed by atoms with van der Waals surface area (Å²) in [6.45, 7) is 1.94. The zero-order valence-electron chi connectivity index (χ0n) is 9.68. The Morgan fingerprint density at radius 3 is 2.47 bits per heavy atom. The molecule has 0 fully saturated rings. The Morgan fingerprint density at radius 2 is 2.06 bits per heavy atom. The van der Waals surface area contributed by atoms with Crippen LogP contribution in [-0.4, -0.2) is 22.0 Å². The first-order chi connectivity index (χ1) is 7.74. The maximum atomic E-state index is 12.2. The summed E-state index contributed by atoms with van der Waals surface area (Å²) in [6.07, 6.45) is -4.32. The van der Waals surface area contributed by atoms with Crippen LogP contribution < -0.4 is 5.73 Å². The van der Waals surface area contributed by atoms with E-state index in [-0.39, 0.29) is 6.42 Å². The molecule has 7 heteroatoms. The third-order valence-electron chi connectivity index (χ3n) is 2.45. The summed E-state index contributed by atoms with van der Waals surface area (Å²) in [4.78, 5) is 0. The third-order valence-corrected chi connectivity index (χ3v) is 3.37. The van der Waals surface area contributed by atoms with Crippen molar-refractivity contribution < 1.29 is 13.2 Å². The lowest BCUT2D eigenvalue weighted by molar-refractivity contribution is -0.138. The Bertz CT molecular complexity index is 387. The molecule has 0 saturated carbocycles. The Morgan fingerprint density at radius 1 is 1.47 bits per heavy atom. The van der Waals surface area contributed by atoms with Gasteiger partial charge in [0.05, 0.1) is 22.3 Å². The molecule has 0 aliphatic heterocycles. The Labute approximate surface area is 106 Å². The van der Waals surface area contributed by atoms with E-state index in [2.05, 4.69) is 21.0 Å². The minimum Gasteiger partial charge on any atom is -0.327 e. The summed E-state index contributed by atoms with van der Waals surface area (Å²) in [5.74, 6) is 0. The minimum atomic E-state index is -4.22. The van der Waals surface area contributed by atoms with Crippen molar-refractivity contribution in [3.8, 4) is 0 Å². The summed E-state index contributed by atoms with van der Waals surface area (Å²) in [5, 5.41) is 4.21. The van der Waals surface area contributed by atoms with Crippen LogP contribution in [0.25, 0.3) is 0 Å². The molecule has 1 atom stereocenters. The minimum absolute atomic E-state index is 0.156. The highest BCUT2D eigenvalue weighted by molar-refractivity contribution is 9.10. The zero-order valence-corrected chi connectivity index (χ0v) is 11.3. The molecular weight excluding hydrogens is 299 g/mol. The van der Waals surface area contributed by atoms with E-state index in [4.69, 9.17) is 5.73 Å². The van der Waals surface area contributed by atoms with Crippen molar-refractivity contribution in [2.45, 2.75) is 38.4 Å². The molecule has 1 unspecified atom stereocenters. The van der Waals surface area contributed by atoms with Crippen molar-refractivity contribution in [1.29, 1.82) is 0 Å². The van der Waals surface area contributed by atoms with Gasteiger partial charge in [-0.15, -0.1) is 0 Å². The Balaban J connectivity index is 2.78. The molecule has 1 heterocycles. The van der Waals surface area contributed by atoms with Gasteiger partial charge in [0.15, 0.2) is 0 Å². The maximum Gasteiger partial charge on any atom is 0.390 e. The van der Waals surface area contributed by atoms with Gasteiger partial charge in [-0.3, -0.25) is 4.68 Å². The van der Waals surface area contributed by atoms with Crippen LogP contribution in [0.4, 0.5) is 13.2 Å². The van der Waals surface area contributed by atoms with Crippen molar-refractivity contribution in [2.24, 2.45) is 12.8 Å². The van der Waals surface area contributed by atoms with Crippen LogP contribution in [0.15, 0.2) is 4.47 Å². The summed E-state index contributed by atoms with van der Waals surface area (Å²) >= 11 is 3.35. The van der Waals surface area contributed by atoms with Crippen LogP contribution in [0.2, 0.25) is 0 Å². The van der Waals surface area contributed by atoms with Crippen LogP contribution in [0.5, 0.6) is 0 Å². The molecule has 0 aromatic carbocycles. The molecule has 0 spiro atoms. The quantitative estimate of drug-likeness (QED) is 0.928. The van der Waals surface area contributed by atoms with Crippen LogP contribution >= 0.6 is 15.9 Å². The first-order valence-corrected chi connectivity index (χ1v) is 6.06. The van der Waals surface area contributed by atoms with E-state index < -0.39 is 18.6 Å². The van der Waals surface area contributed by atoms with E-state index in [0.717, 1.165) is 16.6 Å². The summed E-state index contributed by atoms with van der Waals surface area (Å²) in [5.41, 5.74) is 7.04. The summed E-state index contributed by atoms with van der Waals surface area (Å²) in [6, 6.07) is -0.939. The van der Waals surface area contributed by atoms with Crippen molar-refractivity contribution in [1.82, 2.24) is 9.78 Å². The third kappa shape index (κ3) is 3.99. The van der Waals surface area contributed by atoms with E-state index in [1.54, 1.807) is 11.7 Å². The summed E-state index contributed by atoms with van der Waals surface area (Å²) < 4.78 is 38.8. The molecule has 0 aliphatic rings. The van der Waals surface area contributed by atoms with Crippen molar-refractivity contribution in [2.75, 3.05) is 0 Å². The molecule has 0 saturated heterocycles. The highest BCUT2D eigenvalue weighted by Crippen LogP contribution is 2.26. The van der Waals surface area contributed by atoms with E-state index >= 15 is 0 Å². The number of alkyl halides is 3. The molecule has 1 aromatic rings. The molecule has 17 heavy (non-hydrogen) atoms. The second-order valence-corrected chi connectivity index (χ2v) is 4.76. The van der Waals surface area contributed by atoms with E-state index in [0.29, 0.717) is 5.69 Å². The Hall–Kier alpha value is -0.560. The number of hydrogen-bond acceptors (Lipinski definition) is 2. The fourth-order valence-corrected chi connectivity index (χ4v) is 2.44. The first kappa shape index (κ1) is 14.5. The van der Waals surface area contributed by atoms with Crippen LogP contribution in [0.3, 0.4) is 0 Å². The first-order valence-electron chi connectivity index (χ1n) is 5.27. The average molecular weight is 314 g/mol. The predicted molar refractivity (Wildman–Crippen MR) is 62.6 cm³/mol. The van der Waals surface area contributed by atoms with E-state index in [1.807, 2.05) is 6.92 Å². The van der Waals surface area contributed by atoms with Crippen molar-refractivity contribution in [3.05, 3.63) is 15.9 Å². The molecule has 2 N–H and O–H groups in total. The lowest BCUT2D eigenvalue weighted by Gasteiger charge is -2.14. The molecule has 0 radical (unpaired) electrons. The normalized spacial score (nSPS) is 14.1. The number of nitrogens with zero attached hydrogens (tertiary/aromatic N) is 2. The fourth-order valence-electron chi connectivity index (χ4n) is 1.66. The van der Waals surface area contributed by atoms with Crippen molar-refractivity contribution >= 4 is 15.9 Å². The largest absolute Gasteiger partial charge is 0.390 e. The van der Waals surface area contributed by atoms with Gasteiger partial charge in [-0.2, -0.15) is 18.3 Å². The second kappa shape index (κ2) is 5.39. The van der Waals surface area contributed by atoms with Gasteiger partial charge in [-0.25, -0.2) is 0 Å². The van der Waals surface area contributed by atoms with Crippen LogP contribution in [-0.2, 0) is 19.9 Å². The van der Waals surface area contributed by atoms with Gasteiger partial charge >= 0.3 is 6.18 Å². The maximum absolute atomic E-state index is 12.2. The standard InChI is InChI=1S/C10H15BrF3N3/c1-3-7-9(11)8(17(2)16-7)4-6(15)5-10(12,13)14/h6H,3-5,15H2,1-2H3. The van der Waals surface area contributed by atoms with Crippen LogP contribution in [0.1, 0.15) is 24.7 Å². The molecule has 1 aromatic heterocycles. The second-order valence-electron chi connectivity index (χ2n) is 3.97. The number of hydrogen-bond donors (Lipinski definition) is 1. The lowest BCUT2D eigenvalue weighted by atomic mass is 10.1. The molecule has 98 valence electrons. The molecule has 0 aliphatic carbocycles. The highest BCUT2D eigenvalue weighted by Gasteiger charge is 2.31. The smallest absolute Gasteiger partial charge is 0.327 e. The SMILES string of the molecule is CCc1nn(C)c(CC(N)CC(F)(F)F)c1Br. The topological polar surface area (TPSA) is 43.8 Å². The van der Waals surface area contributed by atoms with E-state index in [1.165, 1.54) is 0 Å². The molecule has 0 bridgehead atoms. The predicted octanol–water partition coefficient (Wildman–Crippen LogP) is 2.57. The lowest BCUT2D eigenvalue weighted by Crippen LogP contribution is -2.30. The number of halogens is 4. The highest BCUT2D eigenvalue weighted by atomic mass is 79.9. The number of aromatic nitrogens is 2. The number of aryl methyl sites for hydroxylation is 2. The molecule has 1 rings (SSSR count). The fraction of sp³-hybridized carbons (Fsp3) is 0.700. The van der Waals surface area contributed by atoms with Crippen molar-refractivity contribution in [3.63, 3.8) is 0 Å². The number of nitrogens with two attached hydrogens (primary N) is 1. The van der Waals surface area contributed by atoms with Gasteiger partial charge in [0, 0.05) is 19.5 Å². The zero-order chi connectivity index (χ0) is 13.2. The monoisotopic (exact) mass is 313 g/mol. The molecular formula is C10H15BrF3N3. The average Bonchev–Trinajstić information content (AvgIpc) is 2.42. The van der Waals surface area contributed by atoms with Gasteiger partial charge in [-0.1, -0.05) is 6.92 Å². The van der Waals surface area contributed by atoms with E-state index in [9.17, 15) is 13.2 Å².